The summed E-state index contributed by atoms with van der Waals surface area (Å²) < 4.78 is 0. The number of halogens is 1. The summed E-state index contributed by atoms with van der Waals surface area (Å²) >= 11 is 6.10. The predicted molar refractivity (Wildman–Crippen MR) is 79.9 cm³/mol. The van der Waals surface area contributed by atoms with Gasteiger partial charge in [0.2, 0.25) is 0 Å². The van der Waals surface area contributed by atoms with Crippen LogP contribution in [-0.4, -0.2) is 9.97 Å². The number of anilines is 3. The molecule has 0 unspecified atom stereocenters. The molecule has 2 rings (SSSR count). The summed E-state index contributed by atoms with van der Waals surface area (Å²) in [6.07, 6.45) is 1.39. The molecule has 0 bridgehead atoms. The standard InChI is InChI=1S/C14H17ClN4/c1-14(2,3)9-6-4-5-7-10(9)19-13-11(15)12(16)17-8-18-13/h4-8H,1-3H3,(H3,16,17,18,19). The Morgan fingerprint density at radius 1 is 1.16 bits per heavy atom. The Morgan fingerprint density at radius 2 is 1.84 bits per heavy atom. The first kappa shape index (κ1) is 13.6. The van der Waals surface area contributed by atoms with E-state index in [1.165, 1.54) is 11.9 Å². The molecule has 0 amide bonds. The lowest BCUT2D eigenvalue weighted by Gasteiger charge is -2.23. The number of benzene rings is 1. The van der Waals surface area contributed by atoms with E-state index in [-0.39, 0.29) is 11.2 Å². The molecule has 0 saturated carbocycles. The number of nitrogen functional groups attached to an aromatic ring is 1. The van der Waals surface area contributed by atoms with E-state index in [9.17, 15) is 0 Å². The second kappa shape index (κ2) is 5.05. The van der Waals surface area contributed by atoms with Crippen LogP contribution in [0.25, 0.3) is 0 Å². The Morgan fingerprint density at radius 3 is 2.53 bits per heavy atom. The molecule has 1 aromatic carbocycles. The zero-order valence-corrected chi connectivity index (χ0v) is 12.0. The van der Waals surface area contributed by atoms with Crippen molar-refractivity contribution in [3.63, 3.8) is 0 Å². The molecule has 1 heterocycles. The van der Waals surface area contributed by atoms with Gasteiger partial charge in [-0.1, -0.05) is 50.6 Å². The van der Waals surface area contributed by atoms with Crippen LogP contribution in [0.4, 0.5) is 17.3 Å². The van der Waals surface area contributed by atoms with Gasteiger partial charge in [-0.05, 0) is 17.0 Å². The molecule has 2 aromatic rings. The highest BCUT2D eigenvalue weighted by Gasteiger charge is 2.18. The number of hydrogen-bond acceptors (Lipinski definition) is 4. The second-order valence-corrected chi connectivity index (χ2v) is 5.72. The third-order valence-corrected chi connectivity index (χ3v) is 3.18. The van der Waals surface area contributed by atoms with E-state index < -0.39 is 0 Å². The van der Waals surface area contributed by atoms with Crippen molar-refractivity contribution < 1.29 is 0 Å². The summed E-state index contributed by atoms with van der Waals surface area (Å²) in [5.74, 6) is 0.790. The molecule has 0 aliphatic carbocycles. The van der Waals surface area contributed by atoms with E-state index in [4.69, 9.17) is 17.3 Å². The lowest BCUT2D eigenvalue weighted by molar-refractivity contribution is 0.592. The first-order valence-corrected chi connectivity index (χ1v) is 6.40. The third-order valence-electron chi connectivity index (χ3n) is 2.80. The number of hydrogen-bond donors (Lipinski definition) is 2. The van der Waals surface area contributed by atoms with Gasteiger partial charge in [0.25, 0.3) is 0 Å². The van der Waals surface area contributed by atoms with Gasteiger partial charge in [0.15, 0.2) is 5.82 Å². The fourth-order valence-corrected chi connectivity index (χ4v) is 1.99. The zero-order valence-electron chi connectivity index (χ0n) is 11.2. The average molecular weight is 277 g/mol. The molecule has 0 aliphatic rings. The van der Waals surface area contributed by atoms with Crippen molar-refractivity contribution in [2.24, 2.45) is 0 Å². The van der Waals surface area contributed by atoms with Crippen LogP contribution >= 0.6 is 11.6 Å². The number of nitrogens with two attached hydrogens (primary N) is 1. The van der Waals surface area contributed by atoms with Crippen molar-refractivity contribution in [1.29, 1.82) is 0 Å². The molecule has 4 nitrogen and oxygen atoms in total. The van der Waals surface area contributed by atoms with E-state index in [2.05, 4.69) is 42.1 Å². The fourth-order valence-electron chi connectivity index (χ4n) is 1.84. The second-order valence-electron chi connectivity index (χ2n) is 5.34. The number of nitrogens with zero attached hydrogens (tertiary/aromatic N) is 2. The number of aromatic nitrogens is 2. The van der Waals surface area contributed by atoms with Gasteiger partial charge in [-0.25, -0.2) is 9.97 Å². The molecule has 0 radical (unpaired) electrons. The number of nitrogens with one attached hydrogen (secondary N) is 1. The van der Waals surface area contributed by atoms with Crippen LogP contribution in [-0.2, 0) is 5.41 Å². The van der Waals surface area contributed by atoms with E-state index in [1.54, 1.807) is 0 Å². The van der Waals surface area contributed by atoms with Gasteiger partial charge in [0.05, 0.1) is 0 Å². The van der Waals surface area contributed by atoms with Crippen LogP contribution in [0, 0.1) is 0 Å². The molecule has 100 valence electrons. The van der Waals surface area contributed by atoms with Gasteiger partial charge in [-0.3, -0.25) is 0 Å². The maximum absolute atomic E-state index is 6.10. The minimum Gasteiger partial charge on any atom is -0.382 e. The van der Waals surface area contributed by atoms with Gasteiger partial charge in [0, 0.05) is 5.69 Å². The average Bonchev–Trinajstić information content (AvgIpc) is 2.34. The minimum absolute atomic E-state index is 0.0225. The van der Waals surface area contributed by atoms with Gasteiger partial charge in [-0.2, -0.15) is 0 Å². The van der Waals surface area contributed by atoms with Crippen molar-refractivity contribution in [3.05, 3.63) is 41.2 Å². The molecule has 0 spiro atoms. The van der Waals surface area contributed by atoms with Gasteiger partial charge in [0.1, 0.15) is 17.2 Å². The Kier molecular flexibility index (Phi) is 3.62. The van der Waals surface area contributed by atoms with Crippen LogP contribution in [0.15, 0.2) is 30.6 Å². The maximum Gasteiger partial charge on any atom is 0.154 e. The van der Waals surface area contributed by atoms with Crippen LogP contribution in [0.2, 0.25) is 5.02 Å². The van der Waals surface area contributed by atoms with Crippen LogP contribution in [0.1, 0.15) is 26.3 Å². The minimum atomic E-state index is 0.0225. The lowest BCUT2D eigenvalue weighted by Crippen LogP contribution is -2.14. The maximum atomic E-state index is 6.10. The Hall–Kier alpha value is -1.81. The molecule has 5 heteroatoms. The molecule has 0 atom stereocenters. The zero-order chi connectivity index (χ0) is 14.0. The van der Waals surface area contributed by atoms with Crippen LogP contribution < -0.4 is 11.1 Å². The number of para-hydroxylation sites is 1. The van der Waals surface area contributed by atoms with Crippen molar-refractivity contribution in [2.45, 2.75) is 26.2 Å². The van der Waals surface area contributed by atoms with Gasteiger partial charge >= 0.3 is 0 Å². The summed E-state index contributed by atoms with van der Waals surface area (Å²) in [7, 11) is 0. The van der Waals surface area contributed by atoms with E-state index in [1.807, 2.05) is 18.2 Å². The number of rotatable bonds is 2. The van der Waals surface area contributed by atoms with E-state index >= 15 is 0 Å². The Labute approximate surface area is 118 Å². The lowest BCUT2D eigenvalue weighted by atomic mass is 9.86. The normalized spacial score (nSPS) is 11.4. The van der Waals surface area contributed by atoms with Crippen molar-refractivity contribution in [1.82, 2.24) is 9.97 Å². The predicted octanol–water partition coefficient (Wildman–Crippen LogP) is 3.75. The topological polar surface area (TPSA) is 63.8 Å². The Bertz CT molecular complexity index is 590. The third kappa shape index (κ3) is 2.96. The molecule has 0 aliphatic heterocycles. The molecule has 1 aromatic heterocycles. The summed E-state index contributed by atoms with van der Waals surface area (Å²) in [4.78, 5) is 7.97. The smallest absolute Gasteiger partial charge is 0.154 e. The molecule has 0 saturated heterocycles. The highest BCUT2D eigenvalue weighted by Crippen LogP contribution is 2.33. The summed E-state index contributed by atoms with van der Waals surface area (Å²) in [5.41, 5.74) is 7.85. The van der Waals surface area contributed by atoms with Crippen molar-refractivity contribution in [3.8, 4) is 0 Å². The van der Waals surface area contributed by atoms with Crippen molar-refractivity contribution in [2.75, 3.05) is 11.1 Å². The largest absolute Gasteiger partial charge is 0.382 e. The van der Waals surface area contributed by atoms with E-state index in [0.717, 1.165) is 5.69 Å². The van der Waals surface area contributed by atoms with Crippen LogP contribution in [0.3, 0.4) is 0 Å². The quantitative estimate of drug-likeness (QED) is 0.877. The summed E-state index contributed by atoms with van der Waals surface area (Å²) in [5, 5.41) is 3.56. The monoisotopic (exact) mass is 276 g/mol. The molecule has 0 fully saturated rings. The summed E-state index contributed by atoms with van der Waals surface area (Å²) in [6.45, 7) is 6.47. The molecular weight excluding hydrogens is 260 g/mol. The Balaban J connectivity index is 2.42. The van der Waals surface area contributed by atoms with Crippen molar-refractivity contribution >= 4 is 28.9 Å². The highest BCUT2D eigenvalue weighted by molar-refractivity contribution is 6.35. The molecule has 19 heavy (non-hydrogen) atoms. The molecule has 3 N–H and O–H groups in total. The fraction of sp³-hybridized carbons (Fsp3) is 0.286. The van der Waals surface area contributed by atoms with Gasteiger partial charge in [-0.15, -0.1) is 0 Å². The first-order chi connectivity index (χ1) is 8.89. The van der Waals surface area contributed by atoms with E-state index in [0.29, 0.717) is 10.8 Å². The molecular formula is C14H17ClN4. The summed E-state index contributed by atoms with van der Waals surface area (Å²) in [6, 6.07) is 8.06. The SMILES string of the molecule is CC(C)(C)c1ccccc1Nc1ncnc(N)c1Cl. The highest BCUT2D eigenvalue weighted by atomic mass is 35.5. The van der Waals surface area contributed by atoms with Gasteiger partial charge < -0.3 is 11.1 Å². The van der Waals surface area contributed by atoms with Crippen LogP contribution in [0.5, 0.6) is 0 Å². The first-order valence-electron chi connectivity index (χ1n) is 6.02.